The van der Waals surface area contributed by atoms with Crippen molar-refractivity contribution in [3.05, 3.63) is 44.6 Å². The van der Waals surface area contributed by atoms with Crippen LogP contribution in [0.5, 0.6) is 11.5 Å². The molecule has 0 bridgehead atoms. The Balaban J connectivity index is 1.84. The van der Waals surface area contributed by atoms with E-state index in [0.717, 1.165) is 4.88 Å². The molecule has 1 aliphatic heterocycles. The molecule has 0 radical (unpaired) electrons. The second-order valence-electron chi connectivity index (χ2n) is 4.47. The van der Waals surface area contributed by atoms with Crippen molar-refractivity contribution in [2.75, 3.05) is 6.79 Å². The van der Waals surface area contributed by atoms with E-state index in [1.54, 1.807) is 23.5 Å². The first-order chi connectivity index (χ1) is 10.1. The zero-order chi connectivity index (χ0) is 14.8. The molecule has 0 spiro atoms. The highest BCUT2D eigenvalue weighted by atomic mass is 79.9. The van der Waals surface area contributed by atoms with Crippen molar-refractivity contribution >= 4 is 33.2 Å². The van der Waals surface area contributed by atoms with Gasteiger partial charge in [-0.3, -0.25) is 10.1 Å². The topological polar surface area (TPSA) is 67.8 Å². The van der Waals surface area contributed by atoms with Gasteiger partial charge in [-0.1, -0.05) is 6.07 Å². The smallest absolute Gasteiger partial charge is 0.325 e. The first-order valence-electron chi connectivity index (χ1n) is 6.23. The summed E-state index contributed by atoms with van der Waals surface area (Å²) in [5.41, 5.74) is 0.621. The molecule has 1 unspecified atom stereocenters. The molecule has 1 aliphatic rings. The molecule has 1 aromatic carbocycles. The maximum absolute atomic E-state index is 11.5. The van der Waals surface area contributed by atoms with E-state index in [4.69, 9.17) is 9.47 Å². The molecule has 0 saturated heterocycles. The van der Waals surface area contributed by atoms with Crippen LogP contribution in [-0.2, 0) is 11.3 Å². The summed E-state index contributed by atoms with van der Waals surface area (Å²) in [6.07, 6.45) is 0. The van der Waals surface area contributed by atoms with Crippen LogP contribution in [0.2, 0.25) is 0 Å². The third-order valence-electron chi connectivity index (χ3n) is 3.09. The predicted octanol–water partition coefficient (Wildman–Crippen LogP) is 3.15. The van der Waals surface area contributed by atoms with Crippen molar-refractivity contribution in [1.82, 2.24) is 5.32 Å². The van der Waals surface area contributed by atoms with Gasteiger partial charge < -0.3 is 14.6 Å². The van der Waals surface area contributed by atoms with Gasteiger partial charge in [0.05, 0.1) is 4.47 Å². The largest absolute Gasteiger partial charge is 0.480 e. The lowest BCUT2D eigenvalue weighted by atomic mass is 10.1. The van der Waals surface area contributed by atoms with Gasteiger partial charge in [0.1, 0.15) is 6.04 Å². The van der Waals surface area contributed by atoms with E-state index in [1.807, 2.05) is 17.5 Å². The van der Waals surface area contributed by atoms with Gasteiger partial charge in [0, 0.05) is 11.4 Å². The summed E-state index contributed by atoms with van der Waals surface area (Å²) in [5, 5.41) is 14.5. The van der Waals surface area contributed by atoms with Crippen LogP contribution in [0.3, 0.4) is 0 Å². The number of halogens is 1. The highest BCUT2D eigenvalue weighted by Crippen LogP contribution is 2.41. The number of benzene rings is 1. The second kappa shape index (κ2) is 6.05. The fourth-order valence-corrected chi connectivity index (χ4v) is 3.35. The number of carboxylic acids is 1. The first-order valence-corrected chi connectivity index (χ1v) is 7.90. The molecule has 7 heteroatoms. The highest BCUT2D eigenvalue weighted by molar-refractivity contribution is 9.10. The van der Waals surface area contributed by atoms with Crippen LogP contribution in [0.4, 0.5) is 0 Å². The van der Waals surface area contributed by atoms with Gasteiger partial charge in [0.25, 0.3) is 0 Å². The van der Waals surface area contributed by atoms with Crippen LogP contribution < -0.4 is 14.8 Å². The minimum atomic E-state index is -0.933. The highest BCUT2D eigenvalue weighted by Gasteiger charge is 2.25. The maximum Gasteiger partial charge on any atom is 0.325 e. The third-order valence-corrected chi connectivity index (χ3v) is 4.56. The Hall–Kier alpha value is -1.57. The number of thiophene rings is 1. The van der Waals surface area contributed by atoms with E-state index < -0.39 is 12.0 Å². The fraction of sp³-hybridized carbons (Fsp3) is 0.214. The van der Waals surface area contributed by atoms with Crippen molar-refractivity contribution in [2.24, 2.45) is 0 Å². The van der Waals surface area contributed by atoms with E-state index >= 15 is 0 Å². The molecule has 0 fully saturated rings. The first kappa shape index (κ1) is 14.4. The number of hydrogen-bond acceptors (Lipinski definition) is 5. The van der Waals surface area contributed by atoms with E-state index in [2.05, 4.69) is 21.2 Å². The molecule has 1 aromatic heterocycles. The summed E-state index contributed by atoms with van der Waals surface area (Å²) in [7, 11) is 0. The average molecular weight is 370 g/mol. The number of nitrogens with one attached hydrogen (secondary N) is 1. The predicted molar refractivity (Wildman–Crippen MR) is 81.8 cm³/mol. The van der Waals surface area contributed by atoms with Gasteiger partial charge in [0.2, 0.25) is 6.79 Å². The lowest BCUT2D eigenvalue weighted by Crippen LogP contribution is -2.27. The molecule has 5 nitrogen and oxygen atoms in total. The summed E-state index contributed by atoms with van der Waals surface area (Å²) in [4.78, 5) is 12.6. The number of rotatable bonds is 5. The molecule has 110 valence electrons. The molecule has 0 saturated carbocycles. The molecule has 1 atom stereocenters. The molecule has 2 heterocycles. The van der Waals surface area contributed by atoms with Gasteiger partial charge >= 0.3 is 5.97 Å². The van der Waals surface area contributed by atoms with Gasteiger partial charge in [-0.25, -0.2) is 0 Å². The van der Waals surface area contributed by atoms with Crippen LogP contribution in [0.15, 0.2) is 34.1 Å². The molecule has 21 heavy (non-hydrogen) atoms. The molecule has 2 aromatic rings. The normalized spacial score (nSPS) is 14.1. The van der Waals surface area contributed by atoms with Gasteiger partial charge in [-0.05, 0) is 45.1 Å². The van der Waals surface area contributed by atoms with E-state index in [9.17, 15) is 9.90 Å². The van der Waals surface area contributed by atoms with Crippen molar-refractivity contribution in [3.63, 3.8) is 0 Å². The Morgan fingerprint density at radius 3 is 3.05 bits per heavy atom. The summed E-state index contributed by atoms with van der Waals surface area (Å²) in [6.45, 7) is 0.651. The minimum Gasteiger partial charge on any atom is -0.480 e. The van der Waals surface area contributed by atoms with Crippen LogP contribution in [0.25, 0.3) is 0 Å². The maximum atomic E-state index is 11.5. The molecule has 3 rings (SSSR count). The van der Waals surface area contributed by atoms with Gasteiger partial charge in [0.15, 0.2) is 11.5 Å². The van der Waals surface area contributed by atoms with E-state index in [0.29, 0.717) is 28.1 Å². The number of aliphatic carboxylic acids is 1. The van der Waals surface area contributed by atoms with Crippen LogP contribution in [-0.4, -0.2) is 17.9 Å². The zero-order valence-corrected chi connectivity index (χ0v) is 13.2. The standard InChI is InChI=1S/C14H12BrNO4S/c15-10-4-8(5-11-13(10)20-7-19-11)12(14(17)18)16-6-9-2-1-3-21-9/h1-5,12,16H,6-7H2,(H,17,18). The van der Waals surface area contributed by atoms with Crippen molar-refractivity contribution in [2.45, 2.75) is 12.6 Å². The fourth-order valence-electron chi connectivity index (χ4n) is 2.12. The Bertz CT molecular complexity index is 659. The minimum absolute atomic E-state index is 0.151. The van der Waals surface area contributed by atoms with Crippen LogP contribution in [0, 0.1) is 0 Å². The Labute approximate surface area is 133 Å². The monoisotopic (exact) mass is 369 g/mol. The molecule has 0 aliphatic carbocycles. The van der Waals surface area contributed by atoms with Crippen LogP contribution >= 0.6 is 27.3 Å². The van der Waals surface area contributed by atoms with Crippen molar-refractivity contribution in [1.29, 1.82) is 0 Å². The average Bonchev–Trinajstić information content (AvgIpc) is 3.09. The van der Waals surface area contributed by atoms with Crippen molar-refractivity contribution in [3.8, 4) is 11.5 Å². The van der Waals surface area contributed by atoms with E-state index in [-0.39, 0.29) is 6.79 Å². The summed E-state index contributed by atoms with van der Waals surface area (Å²) in [5.74, 6) is 0.238. The van der Waals surface area contributed by atoms with E-state index in [1.165, 1.54) is 0 Å². The lowest BCUT2D eigenvalue weighted by molar-refractivity contribution is -0.139. The van der Waals surface area contributed by atoms with Crippen LogP contribution in [0.1, 0.15) is 16.5 Å². The zero-order valence-electron chi connectivity index (χ0n) is 10.8. The second-order valence-corrected chi connectivity index (χ2v) is 6.35. The number of carbonyl (C=O) groups is 1. The Kier molecular flexibility index (Phi) is 4.14. The number of hydrogen-bond donors (Lipinski definition) is 2. The number of fused-ring (bicyclic) bond motifs is 1. The summed E-state index contributed by atoms with van der Waals surface area (Å²) < 4.78 is 11.3. The molecule has 2 N–H and O–H groups in total. The summed E-state index contributed by atoms with van der Waals surface area (Å²) in [6, 6.07) is 6.54. The van der Waals surface area contributed by atoms with Gasteiger partial charge in [-0.15, -0.1) is 11.3 Å². The summed E-state index contributed by atoms with van der Waals surface area (Å²) >= 11 is 4.97. The third kappa shape index (κ3) is 3.04. The lowest BCUT2D eigenvalue weighted by Gasteiger charge is -2.15. The number of ether oxygens (including phenoxy) is 2. The number of carboxylic acid groups (broad SMARTS) is 1. The van der Waals surface area contributed by atoms with Gasteiger partial charge in [-0.2, -0.15) is 0 Å². The SMILES string of the molecule is O=C(O)C(NCc1cccs1)c1cc(Br)c2c(c1)OCO2. The Morgan fingerprint density at radius 1 is 1.48 bits per heavy atom. The Morgan fingerprint density at radius 2 is 2.33 bits per heavy atom. The molecule has 0 amide bonds. The van der Waals surface area contributed by atoms with Crippen molar-refractivity contribution < 1.29 is 19.4 Å². The quantitative estimate of drug-likeness (QED) is 0.847. The molecular weight excluding hydrogens is 358 g/mol. The molecular formula is C14H12BrNO4S.